The highest BCUT2D eigenvalue weighted by Crippen LogP contribution is 2.65. The predicted octanol–water partition coefficient (Wildman–Crippen LogP) is 1.61. The second-order valence-electron chi connectivity index (χ2n) is 10.4. The Morgan fingerprint density at radius 3 is 2.62 bits per heavy atom. The van der Waals surface area contributed by atoms with Crippen LogP contribution in [0.25, 0.3) is 0 Å². The Balaban J connectivity index is 1.65. The number of rotatable bonds is 9. The van der Waals surface area contributed by atoms with Crippen molar-refractivity contribution in [2.45, 2.75) is 76.8 Å². The number of ether oxygens (including phenoxy) is 1. The van der Waals surface area contributed by atoms with Crippen LogP contribution in [0.3, 0.4) is 0 Å². The Morgan fingerprint density at radius 1 is 1.26 bits per heavy atom. The number of carbonyl (C=O) groups is 3. The maximum absolute atomic E-state index is 13.7. The summed E-state index contributed by atoms with van der Waals surface area (Å²) in [5.41, 5.74) is -0.958. The Bertz CT molecular complexity index is 940. The van der Waals surface area contributed by atoms with Crippen LogP contribution in [0.2, 0.25) is 0 Å². The summed E-state index contributed by atoms with van der Waals surface area (Å²) in [5, 5.41) is 15.7. The molecule has 1 aromatic carbocycles. The molecule has 0 aromatic heterocycles. The molecule has 0 aliphatic carbocycles. The van der Waals surface area contributed by atoms with Crippen LogP contribution in [0.5, 0.6) is 0 Å². The molecular formula is C26H37N3O5. The van der Waals surface area contributed by atoms with Crippen molar-refractivity contribution < 1.29 is 24.2 Å². The lowest BCUT2D eigenvalue weighted by Crippen LogP contribution is -2.57. The lowest BCUT2D eigenvalue weighted by Gasteiger charge is -2.36. The number of β-amino-alcohol motifs (C(OH)–C–C–N with tert-alkyl or cyclic N) is 1. The molecular weight excluding hydrogens is 434 g/mol. The van der Waals surface area contributed by atoms with Gasteiger partial charge in [0.2, 0.25) is 17.7 Å². The first-order valence-corrected chi connectivity index (χ1v) is 12.4. The van der Waals surface area contributed by atoms with Crippen molar-refractivity contribution in [3.05, 3.63) is 35.9 Å². The van der Waals surface area contributed by atoms with Gasteiger partial charge in [0.25, 0.3) is 0 Å². The molecule has 3 heterocycles. The van der Waals surface area contributed by atoms with Crippen LogP contribution < -0.4 is 10.6 Å². The highest BCUT2D eigenvalue weighted by molar-refractivity contribution is 5.99. The molecule has 4 rings (SSSR count). The maximum Gasteiger partial charge on any atom is 0.246 e. The molecule has 34 heavy (non-hydrogen) atoms. The van der Waals surface area contributed by atoms with Gasteiger partial charge in [-0.1, -0.05) is 50.6 Å². The fraction of sp³-hybridized carbons (Fsp3) is 0.654. The van der Waals surface area contributed by atoms with Crippen molar-refractivity contribution in [3.8, 4) is 0 Å². The van der Waals surface area contributed by atoms with Gasteiger partial charge in [0, 0.05) is 19.1 Å². The summed E-state index contributed by atoms with van der Waals surface area (Å²) in [5.74, 6) is -2.27. The summed E-state index contributed by atoms with van der Waals surface area (Å²) in [7, 11) is 0. The summed E-state index contributed by atoms with van der Waals surface area (Å²) < 4.78 is 6.63. The largest absolute Gasteiger partial charge is 0.395 e. The van der Waals surface area contributed by atoms with E-state index in [2.05, 4.69) is 17.6 Å². The standard InChI is InChI=1S/C26H37N3O5/c1-5-9-17(3)28-23(32)21-26-14-16(2)25(4,34-26)19(20(26)24(33)29(21)12-13-30)22(31)27-15-18-10-7-6-8-11-18/h6-8,10-11,16-17,19-21,30H,5,9,12-15H2,1-4H3,(H,27,31)(H,28,32)/t16?,17?,19-,20+,21?,25+,26?/m1/s1. The number of aliphatic hydroxyl groups is 1. The molecule has 186 valence electrons. The third-order valence-electron chi connectivity index (χ3n) is 8.11. The molecule has 3 aliphatic heterocycles. The molecule has 2 bridgehead atoms. The van der Waals surface area contributed by atoms with Gasteiger partial charge >= 0.3 is 0 Å². The van der Waals surface area contributed by atoms with E-state index >= 15 is 0 Å². The highest BCUT2D eigenvalue weighted by Gasteiger charge is 2.79. The minimum atomic E-state index is -1.08. The number of amides is 3. The molecule has 1 aromatic rings. The molecule has 4 unspecified atom stereocenters. The van der Waals surface area contributed by atoms with Gasteiger partial charge in [-0.25, -0.2) is 0 Å². The summed E-state index contributed by atoms with van der Waals surface area (Å²) in [6.07, 6.45) is 2.27. The van der Waals surface area contributed by atoms with Crippen molar-refractivity contribution in [2.24, 2.45) is 17.8 Å². The number of aliphatic hydroxyl groups excluding tert-OH is 1. The number of hydrogen-bond donors (Lipinski definition) is 3. The second-order valence-corrected chi connectivity index (χ2v) is 10.4. The zero-order valence-corrected chi connectivity index (χ0v) is 20.5. The second kappa shape index (κ2) is 9.30. The van der Waals surface area contributed by atoms with Gasteiger partial charge in [0.15, 0.2) is 0 Å². The maximum atomic E-state index is 13.7. The highest BCUT2D eigenvalue weighted by atomic mass is 16.5. The summed E-state index contributed by atoms with van der Waals surface area (Å²) in [6, 6.07) is 8.70. The number of hydrogen-bond acceptors (Lipinski definition) is 5. The number of fused-ring (bicyclic) bond motifs is 1. The molecule has 8 nitrogen and oxygen atoms in total. The number of benzene rings is 1. The molecule has 1 spiro atoms. The molecule has 7 atom stereocenters. The normalized spacial score (nSPS) is 34.7. The van der Waals surface area contributed by atoms with Gasteiger partial charge in [0.1, 0.15) is 11.6 Å². The van der Waals surface area contributed by atoms with Gasteiger partial charge in [-0.2, -0.15) is 0 Å². The van der Waals surface area contributed by atoms with E-state index in [1.165, 1.54) is 4.90 Å². The molecule has 3 fully saturated rings. The van der Waals surface area contributed by atoms with Crippen molar-refractivity contribution in [3.63, 3.8) is 0 Å². The SMILES string of the molecule is CCCC(C)NC(=O)C1N(CCO)C(=O)[C@@H]2[C@H](C(=O)NCc3ccccc3)[C@@]3(C)OC12CC3C. The number of nitrogens with one attached hydrogen (secondary N) is 2. The Hall–Kier alpha value is -2.45. The van der Waals surface area contributed by atoms with Crippen LogP contribution in [-0.2, 0) is 25.7 Å². The van der Waals surface area contributed by atoms with Gasteiger partial charge in [-0.15, -0.1) is 0 Å². The molecule has 3 N–H and O–H groups in total. The van der Waals surface area contributed by atoms with E-state index in [1.54, 1.807) is 0 Å². The van der Waals surface area contributed by atoms with E-state index in [9.17, 15) is 19.5 Å². The first kappa shape index (κ1) is 24.7. The zero-order valence-electron chi connectivity index (χ0n) is 20.5. The van der Waals surface area contributed by atoms with Crippen LogP contribution in [0.1, 0.15) is 52.5 Å². The molecule has 3 aliphatic rings. The van der Waals surface area contributed by atoms with Gasteiger partial charge < -0.3 is 25.4 Å². The van der Waals surface area contributed by atoms with Crippen LogP contribution >= 0.6 is 0 Å². The van der Waals surface area contributed by atoms with Crippen molar-refractivity contribution in [2.75, 3.05) is 13.2 Å². The van der Waals surface area contributed by atoms with E-state index in [4.69, 9.17) is 4.74 Å². The summed E-state index contributed by atoms with van der Waals surface area (Å²) >= 11 is 0. The summed E-state index contributed by atoms with van der Waals surface area (Å²) in [4.78, 5) is 42.2. The van der Waals surface area contributed by atoms with Crippen LogP contribution in [0.15, 0.2) is 30.3 Å². The third kappa shape index (κ3) is 3.81. The van der Waals surface area contributed by atoms with Crippen molar-refractivity contribution in [1.82, 2.24) is 15.5 Å². The topological polar surface area (TPSA) is 108 Å². The Morgan fingerprint density at radius 2 is 1.97 bits per heavy atom. The Labute approximate surface area is 201 Å². The van der Waals surface area contributed by atoms with E-state index in [0.717, 1.165) is 18.4 Å². The van der Waals surface area contributed by atoms with Crippen LogP contribution in [0, 0.1) is 17.8 Å². The van der Waals surface area contributed by atoms with Gasteiger partial charge in [-0.05, 0) is 38.2 Å². The molecule has 0 radical (unpaired) electrons. The average Bonchev–Trinajstić information content (AvgIpc) is 3.30. The molecule has 3 amide bonds. The van der Waals surface area contributed by atoms with E-state index in [-0.39, 0.29) is 42.8 Å². The smallest absolute Gasteiger partial charge is 0.246 e. The number of nitrogens with zero attached hydrogens (tertiary/aromatic N) is 1. The van der Waals surface area contributed by atoms with E-state index in [0.29, 0.717) is 13.0 Å². The fourth-order valence-electron chi connectivity index (χ4n) is 6.51. The quantitative estimate of drug-likeness (QED) is 0.507. The molecule has 0 saturated carbocycles. The fourth-order valence-corrected chi connectivity index (χ4v) is 6.51. The van der Waals surface area contributed by atoms with E-state index < -0.39 is 29.1 Å². The third-order valence-corrected chi connectivity index (χ3v) is 8.11. The monoisotopic (exact) mass is 471 g/mol. The lowest BCUT2D eigenvalue weighted by molar-refractivity contribution is -0.148. The minimum Gasteiger partial charge on any atom is -0.395 e. The van der Waals surface area contributed by atoms with Crippen LogP contribution in [-0.4, -0.2) is 64.2 Å². The first-order valence-electron chi connectivity index (χ1n) is 12.4. The molecule has 8 heteroatoms. The van der Waals surface area contributed by atoms with Crippen molar-refractivity contribution in [1.29, 1.82) is 0 Å². The molecule has 3 saturated heterocycles. The zero-order chi connectivity index (χ0) is 24.7. The lowest BCUT2D eigenvalue weighted by atomic mass is 9.62. The summed E-state index contributed by atoms with van der Waals surface area (Å²) in [6.45, 7) is 8.04. The predicted molar refractivity (Wildman–Crippen MR) is 126 cm³/mol. The van der Waals surface area contributed by atoms with Crippen molar-refractivity contribution >= 4 is 17.7 Å². The van der Waals surface area contributed by atoms with E-state index in [1.807, 2.05) is 51.1 Å². The number of carbonyl (C=O) groups excluding carboxylic acids is 3. The van der Waals surface area contributed by atoms with Gasteiger partial charge in [0.05, 0.1) is 24.0 Å². The number of likely N-dealkylation sites (tertiary alicyclic amines) is 1. The Kier molecular flexibility index (Phi) is 6.75. The minimum absolute atomic E-state index is 0.0125. The average molecular weight is 472 g/mol. The first-order chi connectivity index (χ1) is 16.2. The van der Waals surface area contributed by atoms with Crippen LogP contribution in [0.4, 0.5) is 0 Å². The van der Waals surface area contributed by atoms with Gasteiger partial charge in [-0.3, -0.25) is 14.4 Å².